The van der Waals surface area contributed by atoms with Crippen molar-refractivity contribution in [3.63, 3.8) is 0 Å². The molecule has 0 bridgehead atoms. The summed E-state index contributed by atoms with van der Waals surface area (Å²) in [7, 11) is 0. The van der Waals surface area contributed by atoms with Crippen molar-refractivity contribution in [2.75, 3.05) is 0 Å². The number of carboxylic acid groups (broad SMARTS) is 1. The second-order valence-corrected chi connectivity index (χ2v) is 4.29. The third-order valence-corrected chi connectivity index (χ3v) is 2.91. The second-order valence-electron chi connectivity index (χ2n) is 4.29. The molecule has 3 aromatic heterocycles. The molecule has 1 amide bonds. The Bertz CT molecular complexity index is 860. The zero-order valence-corrected chi connectivity index (χ0v) is 11.2. The van der Waals surface area contributed by atoms with Gasteiger partial charge in [0.25, 0.3) is 5.91 Å². The monoisotopic (exact) mass is 298 g/mol. The normalized spacial score (nSPS) is 10.5. The number of aromatic carboxylic acids is 1. The van der Waals surface area contributed by atoms with Crippen LogP contribution in [0.25, 0.3) is 5.65 Å². The van der Waals surface area contributed by atoms with Gasteiger partial charge < -0.3 is 10.4 Å². The van der Waals surface area contributed by atoms with Crippen molar-refractivity contribution >= 4 is 17.5 Å². The van der Waals surface area contributed by atoms with Crippen LogP contribution in [-0.4, -0.2) is 41.5 Å². The molecule has 0 aliphatic carbocycles. The zero-order valence-electron chi connectivity index (χ0n) is 11.2. The first kappa shape index (κ1) is 13.6. The van der Waals surface area contributed by atoms with E-state index in [1.807, 2.05) is 12.1 Å². The molecule has 3 heterocycles. The maximum absolute atomic E-state index is 12.1. The van der Waals surface area contributed by atoms with E-state index in [-0.39, 0.29) is 12.2 Å². The van der Waals surface area contributed by atoms with Gasteiger partial charge in [0.15, 0.2) is 22.9 Å². The molecule has 3 rings (SSSR count). The average molecular weight is 298 g/mol. The van der Waals surface area contributed by atoms with Gasteiger partial charge in [0, 0.05) is 18.6 Å². The number of fused-ring (bicyclic) bond motifs is 1. The van der Waals surface area contributed by atoms with Gasteiger partial charge in [-0.3, -0.25) is 9.20 Å². The van der Waals surface area contributed by atoms with Crippen LogP contribution in [0.3, 0.4) is 0 Å². The number of nitrogens with zero attached hydrogens (tertiary/aromatic N) is 5. The summed E-state index contributed by atoms with van der Waals surface area (Å²) >= 11 is 0. The standard InChI is InChI=1S/C13H10N6O3/c20-12(10-11(13(21)22)15-5-4-14-10)16-7-9-18-17-8-3-1-2-6-19(8)9/h1-6H,7H2,(H,16,20)(H,21,22). The highest BCUT2D eigenvalue weighted by Gasteiger charge is 2.19. The van der Waals surface area contributed by atoms with Crippen LogP contribution < -0.4 is 5.32 Å². The predicted octanol–water partition coefficient (Wildman–Crippen LogP) is 0.147. The van der Waals surface area contributed by atoms with Gasteiger partial charge in [-0.1, -0.05) is 6.07 Å². The summed E-state index contributed by atoms with van der Waals surface area (Å²) in [6.45, 7) is 0.0830. The summed E-state index contributed by atoms with van der Waals surface area (Å²) in [4.78, 5) is 30.5. The second kappa shape index (κ2) is 5.56. The fourth-order valence-corrected chi connectivity index (χ4v) is 1.92. The number of nitrogens with one attached hydrogen (secondary N) is 1. The lowest BCUT2D eigenvalue weighted by Crippen LogP contribution is -2.27. The summed E-state index contributed by atoms with van der Waals surface area (Å²) in [5.74, 6) is -1.44. The maximum Gasteiger partial charge on any atom is 0.356 e. The smallest absolute Gasteiger partial charge is 0.356 e. The van der Waals surface area contributed by atoms with Crippen LogP contribution in [0, 0.1) is 0 Å². The van der Waals surface area contributed by atoms with Crippen molar-refractivity contribution in [1.82, 2.24) is 29.9 Å². The van der Waals surface area contributed by atoms with Crippen LogP contribution in [0.15, 0.2) is 36.8 Å². The molecule has 0 spiro atoms. The van der Waals surface area contributed by atoms with Gasteiger partial charge in [-0.25, -0.2) is 14.8 Å². The highest BCUT2D eigenvalue weighted by atomic mass is 16.4. The van der Waals surface area contributed by atoms with E-state index in [1.165, 1.54) is 12.4 Å². The minimum atomic E-state index is -1.31. The Kier molecular flexibility index (Phi) is 3.44. The summed E-state index contributed by atoms with van der Waals surface area (Å²) in [6.07, 6.45) is 4.24. The highest BCUT2D eigenvalue weighted by molar-refractivity contribution is 6.01. The minimum Gasteiger partial charge on any atom is -0.476 e. The summed E-state index contributed by atoms with van der Waals surface area (Å²) in [6, 6.07) is 5.42. The van der Waals surface area contributed by atoms with Crippen molar-refractivity contribution in [3.8, 4) is 0 Å². The molecular weight excluding hydrogens is 288 g/mol. The number of hydrogen-bond donors (Lipinski definition) is 2. The molecule has 0 saturated carbocycles. The molecule has 0 atom stereocenters. The largest absolute Gasteiger partial charge is 0.476 e. The van der Waals surface area contributed by atoms with Gasteiger partial charge in [0.2, 0.25) is 0 Å². The van der Waals surface area contributed by atoms with Crippen LogP contribution in [0.4, 0.5) is 0 Å². The molecule has 0 radical (unpaired) electrons. The van der Waals surface area contributed by atoms with Gasteiger partial charge in [-0.05, 0) is 12.1 Å². The molecule has 9 nitrogen and oxygen atoms in total. The van der Waals surface area contributed by atoms with Gasteiger partial charge in [-0.2, -0.15) is 0 Å². The Morgan fingerprint density at radius 3 is 2.68 bits per heavy atom. The van der Waals surface area contributed by atoms with E-state index >= 15 is 0 Å². The van der Waals surface area contributed by atoms with E-state index in [9.17, 15) is 9.59 Å². The molecule has 0 fully saturated rings. The molecule has 9 heteroatoms. The third-order valence-electron chi connectivity index (χ3n) is 2.91. The molecule has 0 aliphatic heterocycles. The first-order valence-electron chi connectivity index (χ1n) is 6.28. The average Bonchev–Trinajstić information content (AvgIpc) is 2.96. The quantitative estimate of drug-likeness (QED) is 0.702. The van der Waals surface area contributed by atoms with Crippen LogP contribution in [0.1, 0.15) is 26.8 Å². The van der Waals surface area contributed by atoms with Gasteiger partial charge in [0.1, 0.15) is 0 Å². The number of pyridine rings is 1. The fourth-order valence-electron chi connectivity index (χ4n) is 1.92. The Hall–Kier alpha value is -3.36. The number of carbonyl (C=O) groups is 2. The van der Waals surface area contributed by atoms with Crippen LogP contribution >= 0.6 is 0 Å². The van der Waals surface area contributed by atoms with Crippen molar-refractivity contribution in [1.29, 1.82) is 0 Å². The minimum absolute atomic E-state index is 0.0830. The Labute approximate surface area is 123 Å². The molecule has 110 valence electrons. The maximum atomic E-state index is 12.1. The van der Waals surface area contributed by atoms with E-state index in [0.717, 1.165) is 0 Å². The lowest BCUT2D eigenvalue weighted by atomic mass is 10.3. The first-order chi connectivity index (χ1) is 10.7. The number of carbonyl (C=O) groups excluding carboxylic acids is 1. The van der Waals surface area contributed by atoms with Crippen molar-refractivity contribution in [3.05, 3.63) is 54.0 Å². The molecule has 0 saturated heterocycles. The number of rotatable bonds is 4. The van der Waals surface area contributed by atoms with E-state index in [4.69, 9.17) is 5.11 Å². The van der Waals surface area contributed by atoms with Crippen LogP contribution in [0.5, 0.6) is 0 Å². The van der Waals surface area contributed by atoms with E-state index in [0.29, 0.717) is 11.5 Å². The molecule has 0 aromatic carbocycles. The number of amides is 1. The number of aromatic nitrogens is 5. The molecular formula is C13H10N6O3. The summed E-state index contributed by atoms with van der Waals surface area (Å²) < 4.78 is 1.72. The highest BCUT2D eigenvalue weighted by Crippen LogP contribution is 2.04. The van der Waals surface area contributed by atoms with Gasteiger partial charge in [-0.15, -0.1) is 10.2 Å². The van der Waals surface area contributed by atoms with Crippen molar-refractivity contribution in [2.24, 2.45) is 0 Å². The zero-order chi connectivity index (χ0) is 15.5. The van der Waals surface area contributed by atoms with E-state index in [1.54, 1.807) is 16.7 Å². The van der Waals surface area contributed by atoms with Crippen molar-refractivity contribution in [2.45, 2.75) is 6.54 Å². The molecule has 3 aromatic rings. The van der Waals surface area contributed by atoms with Crippen LogP contribution in [-0.2, 0) is 6.54 Å². The van der Waals surface area contributed by atoms with Crippen molar-refractivity contribution < 1.29 is 14.7 Å². The lowest BCUT2D eigenvalue weighted by Gasteiger charge is -2.05. The third kappa shape index (κ3) is 2.46. The molecule has 2 N–H and O–H groups in total. The molecule has 0 unspecified atom stereocenters. The van der Waals surface area contributed by atoms with Gasteiger partial charge >= 0.3 is 5.97 Å². The van der Waals surface area contributed by atoms with Gasteiger partial charge in [0.05, 0.1) is 6.54 Å². The topological polar surface area (TPSA) is 122 Å². The lowest BCUT2D eigenvalue weighted by molar-refractivity contribution is 0.0683. The number of hydrogen-bond acceptors (Lipinski definition) is 6. The van der Waals surface area contributed by atoms with E-state index < -0.39 is 17.6 Å². The number of carboxylic acids is 1. The Morgan fingerprint density at radius 2 is 1.91 bits per heavy atom. The van der Waals surface area contributed by atoms with Crippen LogP contribution in [0.2, 0.25) is 0 Å². The fraction of sp³-hybridized carbons (Fsp3) is 0.0769. The first-order valence-corrected chi connectivity index (χ1v) is 6.28. The summed E-state index contributed by atoms with van der Waals surface area (Å²) in [5, 5.41) is 19.5. The SMILES string of the molecule is O=C(O)c1nccnc1C(=O)NCc1nnc2ccccn12. The predicted molar refractivity (Wildman–Crippen MR) is 73.1 cm³/mol. The Balaban J connectivity index is 1.80. The molecule has 22 heavy (non-hydrogen) atoms. The Morgan fingerprint density at radius 1 is 1.14 bits per heavy atom. The summed E-state index contributed by atoms with van der Waals surface area (Å²) in [5.41, 5.74) is 0.00685. The molecule has 0 aliphatic rings. The van der Waals surface area contributed by atoms with E-state index in [2.05, 4.69) is 25.5 Å².